The van der Waals surface area contributed by atoms with E-state index >= 15 is 0 Å². The molecule has 0 saturated carbocycles. The van der Waals surface area contributed by atoms with Gasteiger partial charge in [-0.3, -0.25) is 4.90 Å². The van der Waals surface area contributed by atoms with Crippen LogP contribution < -0.4 is 10.2 Å². The second kappa shape index (κ2) is 14.7. The quantitative estimate of drug-likeness (QED) is 0.448. The van der Waals surface area contributed by atoms with E-state index in [1.165, 1.54) is 18.4 Å². The number of piperazine rings is 1. The first-order valence-corrected chi connectivity index (χ1v) is 15.0. The standard InChI is InChI=1S/C32H45N7O2/c1-25-6-5-14-37(2)31-10-9-27(21-34-31)30-11-13-33-32(36-30)35-28-8-4-7-26(20-28)22-39-17-16-38(15-12-25)23-29(39)24-41-19-18-40-3/h4,7-11,13,20-21,25,29H,5-6,12,14-19,22-24H2,1-3H3,(H,33,35,36). The highest BCUT2D eigenvalue weighted by atomic mass is 16.5. The van der Waals surface area contributed by atoms with Crippen LogP contribution in [-0.2, 0) is 16.0 Å². The Morgan fingerprint density at radius 3 is 2.78 bits per heavy atom. The molecule has 0 spiro atoms. The molecule has 220 valence electrons. The van der Waals surface area contributed by atoms with E-state index in [0.29, 0.717) is 37.7 Å². The van der Waals surface area contributed by atoms with Crippen LogP contribution in [-0.4, -0.2) is 97.5 Å². The number of rotatable bonds is 5. The highest BCUT2D eigenvalue weighted by molar-refractivity contribution is 5.62. The van der Waals surface area contributed by atoms with Crippen molar-refractivity contribution in [2.75, 3.05) is 76.9 Å². The maximum atomic E-state index is 6.05. The van der Waals surface area contributed by atoms with Crippen molar-refractivity contribution in [2.24, 2.45) is 5.92 Å². The van der Waals surface area contributed by atoms with Gasteiger partial charge in [0.15, 0.2) is 0 Å². The summed E-state index contributed by atoms with van der Waals surface area (Å²) in [5.74, 6) is 2.25. The van der Waals surface area contributed by atoms with Gasteiger partial charge in [0.1, 0.15) is 5.82 Å². The fourth-order valence-electron chi connectivity index (χ4n) is 5.68. The molecular formula is C32H45N7O2. The molecule has 0 radical (unpaired) electrons. The molecule has 4 atom stereocenters. The molecule has 9 heteroatoms. The van der Waals surface area contributed by atoms with Gasteiger partial charge < -0.3 is 24.6 Å². The third kappa shape index (κ3) is 8.45. The summed E-state index contributed by atoms with van der Waals surface area (Å²) in [7, 11) is 3.85. The van der Waals surface area contributed by atoms with E-state index in [4.69, 9.17) is 19.4 Å². The molecule has 0 amide bonds. The van der Waals surface area contributed by atoms with E-state index in [1.807, 2.05) is 12.3 Å². The fraction of sp³-hybridized carbons (Fsp3) is 0.531. The Hall–Kier alpha value is -3.11. The van der Waals surface area contributed by atoms with Crippen LogP contribution in [0.5, 0.6) is 0 Å². The molecule has 0 aliphatic carbocycles. The lowest BCUT2D eigenvalue weighted by Crippen LogP contribution is -2.54. The Kier molecular flexibility index (Phi) is 10.5. The van der Waals surface area contributed by atoms with Gasteiger partial charge >= 0.3 is 0 Å². The summed E-state index contributed by atoms with van der Waals surface area (Å²) in [6, 6.07) is 15.0. The second-order valence-electron chi connectivity index (χ2n) is 11.4. The van der Waals surface area contributed by atoms with Crippen molar-refractivity contribution in [2.45, 2.75) is 38.8 Å². The Bertz CT molecular complexity index is 1220. The molecule has 1 saturated heterocycles. The number of hydrogen-bond acceptors (Lipinski definition) is 9. The molecule has 1 aromatic carbocycles. The maximum absolute atomic E-state index is 6.05. The lowest BCUT2D eigenvalue weighted by atomic mass is 10.0. The smallest absolute Gasteiger partial charge is 0.227 e. The molecule has 5 aliphatic heterocycles. The van der Waals surface area contributed by atoms with Gasteiger partial charge in [0, 0.05) is 76.6 Å². The Labute approximate surface area is 244 Å². The lowest BCUT2D eigenvalue weighted by molar-refractivity contribution is -0.00811. The topological polar surface area (TPSA) is 78.9 Å². The number of nitrogens with zero attached hydrogens (tertiary/aromatic N) is 6. The first kappa shape index (κ1) is 29.4. The van der Waals surface area contributed by atoms with E-state index in [-0.39, 0.29) is 0 Å². The molecule has 4 unspecified atom stereocenters. The van der Waals surface area contributed by atoms with Crippen molar-refractivity contribution in [3.63, 3.8) is 0 Å². The monoisotopic (exact) mass is 559 g/mol. The highest BCUT2D eigenvalue weighted by Gasteiger charge is 2.27. The third-order valence-corrected chi connectivity index (χ3v) is 8.22. The number of pyridine rings is 1. The zero-order chi connectivity index (χ0) is 28.4. The summed E-state index contributed by atoms with van der Waals surface area (Å²) in [6.07, 6.45) is 7.31. The molecule has 1 fully saturated rings. The van der Waals surface area contributed by atoms with Crippen LogP contribution in [0.3, 0.4) is 0 Å². The van der Waals surface area contributed by atoms with Crippen molar-refractivity contribution < 1.29 is 9.47 Å². The average molecular weight is 560 g/mol. The molecule has 3 aromatic rings. The Morgan fingerprint density at radius 1 is 1.00 bits per heavy atom. The van der Waals surface area contributed by atoms with Crippen LogP contribution in [0.1, 0.15) is 31.7 Å². The summed E-state index contributed by atoms with van der Waals surface area (Å²) in [4.78, 5) is 21.5. The van der Waals surface area contributed by atoms with Crippen LogP contribution in [0.4, 0.5) is 17.5 Å². The van der Waals surface area contributed by atoms with E-state index < -0.39 is 0 Å². The zero-order valence-corrected chi connectivity index (χ0v) is 24.8. The summed E-state index contributed by atoms with van der Waals surface area (Å²) >= 11 is 0. The van der Waals surface area contributed by atoms with Crippen LogP contribution in [0.2, 0.25) is 0 Å². The minimum atomic E-state index is 0.347. The largest absolute Gasteiger partial charge is 0.382 e. The zero-order valence-electron chi connectivity index (χ0n) is 24.8. The number of hydrogen-bond donors (Lipinski definition) is 1. The molecule has 2 aromatic heterocycles. The Balaban J connectivity index is 1.37. The number of methoxy groups -OCH3 is 1. The number of aromatic nitrogens is 3. The fourth-order valence-corrected chi connectivity index (χ4v) is 5.68. The first-order valence-electron chi connectivity index (χ1n) is 15.0. The van der Waals surface area contributed by atoms with Gasteiger partial charge in [0.25, 0.3) is 0 Å². The van der Waals surface area contributed by atoms with Gasteiger partial charge in [-0.1, -0.05) is 19.1 Å². The van der Waals surface area contributed by atoms with Gasteiger partial charge in [-0.2, -0.15) is 0 Å². The molecule has 9 nitrogen and oxygen atoms in total. The predicted molar refractivity (Wildman–Crippen MR) is 165 cm³/mol. The van der Waals surface area contributed by atoms with E-state index in [9.17, 15) is 0 Å². The highest BCUT2D eigenvalue weighted by Crippen LogP contribution is 2.23. The molecular weight excluding hydrogens is 514 g/mol. The van der Waals surface area contributed by atoms with E-state index in [1.54, 1.807) is 13.3 Å². The molecule has 7 heterocycles. The summed E-state index contributed by atoms with van der Waals surface area (Å²) in [6.45, 7) is 10.5. The Morgan fingerprint density at radius 2 is 1.93 bits per heavy atom. The molecule has 8 bridgehead atoms. The maximum Gasteiger partial charge on any atom is 0.227 e. The molecule has 41 heavy (non-hydrogen) atoms. The van der Waals surface area contributed by atoms with E-state index in [0.717, 1.165) is 68.5 Å². The van der Waals surface area contributed by atoms with Crippen molar-refractivity contribution in [1.82, 2.24) is 24.8 Å². The van der Waals surface area contributed by atoms with Crippen molar-refractivity contribution in [3.05, 3.63) is 60.4 Å². The van der Waals surface area contributed by atoms with Crippen molar-refractivity contribution in [3.8, 4) is 11.3 Å². The predicted octanol–water partition coefficient (Wildman–Crippen LogP) is 4.69. The van der Waals surface area contributed by atoms with Gasteiger partial charge in [0.05, 0.1) is 25.5 Å². The number of anilines is 3. The summed E-state index contributed by atoms with van der Waals surface area (Å²) < 4.78 is 11.3. The second-order valence-corrected chi connectivity index (χ2v) is 11.4. The van der Waals surface area contributed by atoms with Crippen molar-refractivity contribution in [1.29, 1.82) is 0 Å². The van der Waals surface area contributed by atoms with Gasteiger partial charge in [-0.25, -0.2) is 15.0 Å². The minimum Gasteiger partial charge on any atom is -0.382 e. The van der Waals surface area contributed by atoms with E-state index in [2.05, 4.69) is 75.4 Å². The normalized spacial score (nSPS) is 23.7. The number of benzene rings is 1. The van der Waals surface area contributed by atoms with Gasteiger partial charge in [0.2, 0.25) is 5.95 Å². The average Bonchev–Trinajstić information content (AvgIpc) is 2.99. The molecule has 5 aliphatic rings. The van der Waals surface area contributed by atoms with Crippen LogP contribution in [0.25, 0.3) is 11.3 Å². The SMILES string of the molecule is COCCOCC1CN2CCC(C)CCCN(C)c3ccc(cn3)-c3ccnc(n3)Nc3cccc(c3)CN1CC2. The third-order valence-electron chi connectivity index (χ3n) is 8.22. The first-order chi connectivity index (χ1) is 20.1. The van der Waals surface area contributed by atoms with Crippen LogP contribution in [0.15, 0.2) is 54.9 Å². The van der Waals surface area contributed by atoms with Gasteiger partial charge in [-0.05, 0) is 67.6 Å². The van der Waals surface area contributed by atoms with Crippen LogP contribution >= 0.6 is 0 Å². The summed E-state index contributed by atoms with van der Waals surface area (Å²) in [5, 5.41) is 3.42. The lowest BCUT2D eigenvalue weighted by Gasteiger charge is -2.41. The molecule has 8 rings (SSSR count). The van der Waals surface area contributed by atoms with Crippen molar-refractivity contribution >= 4 is 17.5 Å². The number of nitrogens with one attached hydrogen (secondary N) is 1. The summed E-state index contributed by atoms with van der Waals surface area (Å²) in [5.41, 5.74) is 4.07. The number of ether oxygens (including phenoxy) is 2. The van der Waals surface area contributed by atoms with Gasteiger partial charge in [-0.15, -0.1) is 0 Å². The van der Waals surface area contributed by atoms with Crippen LogP contribution in [0, 0.1) is 5.92 Å². The molecule has 1 N–H and O–H groups in total. The minimum absolute atomic E-state index is 0.347.